The predicted molar refractivity (Wildman–Crippen MR) is 70.0 cm³/mol. The smallest absolute Gasteiger partial charge is 0.147 e. The van der Waals surface area contributed by atoms with E-state index in [1.165, 1.54) is 16.6 Å². The van der Waals surface area contributed by atoms with Gasteiger partial charge in [0.1, 0.15) is 14.6 Å². The molecule has 1 aromatic carbocycles. The first-order valence-corrected chi connectivity index (χ1v) is 5.95. The van der Waals surface area contributed by atoms with E-state index in [1.807, 2.05) is 6.92 Å². The van der Waals surface area contributed by atoms with Gasteiger partial charge in [-0.25, -0.2) is 0 Å². The van der Waals surface area contributed by atoms with Gasteiger partial charge in [-0.15, -0.1) is 0 Å². The molecule has 0 aliphatic carbocycles. The van der Waals surface area contributed by atoms with Crippen molar-refractivity contribution in [2.45, 2.75) is 33.3 Å². The van der Waals surface area contributed by atoms with Crippen molar-refractivity contribution in [1.29, 1.82) is 0 Å². The SMILES string of the molecule is Bc1cc(C)ccc1[C@@H](CC)OCOCC. The Morgan fingerprint density at radius 1 is 1.31 bits per heavy atom. The monoisotopic (exact) mass is 220 g/mol. The van der Waals surface area contributed by atoms with Crippen LogP contribution in [-0.2, 0) is 9.47 Å². The van der Waals surface area contributed by atoms with E-state index in [4.69, 9.17) is 9.47 Å². The molecule has 0 radical (unpaired) electrons. The molecule has 0 spiro atoms. The van der Waals surface area contributed by atoms with Gasteiger partial charge >= 0.3 is 0 Å². The Balaban J connectivity index is 2.70. The fourth-order valence-corrected chi connectivity index (χ4v) is 1.83. The van der Waals surface area contributed by atoms with Crippen molar-refractivity contribution in [3.63, 3.8) is 0 Å². The minimum Gasteiger partial charge on any atom is -0.356 e. The van der Waals surface area contributed by atoms with E-state index in [0.29, 0.717) is 13.4 Å². The Labute approximate surface area is 99.4 Å². The van der Waals surface area contributed by atoms with Crippen LogP contribution in [0.2, 0.25) is 0 Å². The van der Waals surface area contributed by atoms with Crippen molar-refractivity contribution in [2.24, 2.45) is 0 Å². The zero-order valence-corrected chi connectivity index (χ0v) is 10.7. The van der Waals surface area contributed by atoms with Crippen molar-refractivity contribution >= 4 is 13.3 Å². The molecular weight excluding hydrogens is 199 g/mol. The minimum absolute atomic E-state index is 0.146. The third-order valence-corrected chi connectivity index (χ3v) is 2.70. The van der Waals surface area contributed by atoms with Gasteiger partial charge in [-0.05, 0) is 25.8 Å². The van der Waals surface area contributed by atoms with Gasteiger partial charge in [-0.2, -0.15) is 0 Å². The number of hydrogen-bond donors (Lipinski definition) is 0. The van der Waals surface area contributed by atoms with E-state index >= 15 is 0 Å². The Bertz CT molecular complexity index is 326. The van der Waals surface area contributed by atoms with Crippen molar-refractivity contribution in [3.05, 3.63) is 29.3 Å². The summed E-state index contributed by atoms with van der Waals surface area (Å²) in [5.74, 6) is 0. The third kappa shape index (κ3) is 3.65. The van der Waals surface area contributed by atoms with Crippen LogP contribution >= 0.6 is 0 Å². The van der Waals surface area contributed by atoms with Gasteiger partial charge in [0, 0.05) is 6.61 Å². The average Bonchev–Trinajstić information content (AvgIpc) is 2.26. The molecule has 88 valence electrons. The summed E-state index contributed by atoms with van der Waals surface area (Å²) in [5.41, 5.74) is 3.86. The van der Waals surface area contributed by atoms with Crippen LogP contribution in [0.3, 0.4) is 0 Å². The molecule has 1 rings (SSSR count). The quantitative estimate of drug-likeness (QED) is 0.413. The van der Waals surface area contributed by atoms with Gasteiger partial charge in [0.05, 0.1) is 6.10 Å². The molecule has 0 saturated heterocycles. The van der Waals surface area contributed by atoms with Gasteiger partial charge in [0.25, 0.3) is 0 Å². The molecule has 0 aliphatic rings. The van der Waals surface area contributed by atoms with Gasteiger partial charge in [-0.3, -0.25) is 0 Å². The molecule has 0 bridgehead atoms. The predicted octanol–water partition coefficient (Wildman–Crippen LogP) is 1.72. The minimum atomic E-state index is 0.146. The van der Waals surface area contributed by atoms with Crippen LogP contribution in [0.15, 0.2) is 18.2 Å². The molecule has 3 heteroatoms. The van der Waals surface area contributed by atoms with E-state index in [2.05, 4.69) is 39.9 Å². The summed E-state index contributed by atoms with van der Waals surface area (Å²) in [5, 5.41) is 0. The summed E-state index contributed by atoms with van der Waals surface area (Å²) < 4.78 is 10.9. The molecule has 0 saturated carbocycles. The fourth-order valence-electron chi connectivity index (χ4n) is 1.83. The molecule has 0 N–H and O–H groups in total. The van der Waals surface area contributed by atoms with E-state index < -0.39 is 0 Å². The summed E-state index contributed by atoms with van der Waals surface area (Å²) in [6.07, 6.45) is 1.11. The largest absolute Gasteiger partial charge is 0.356 e. The highest BCUT2D eigenvalue weighted by atomic mass is 16.7. The second-order valence-electron chi connectivity index (χ2n) is 4.03. The maximum absolute atomic E-state index is 5.72. The van der Waals surface area contributed by atoms with Gasteiger partial charge in [0.15, 0.2) is 0 Å². The number of aryl methyl sites for hydroxylation is 1. The van der Waals surface area contributed by atoms with Gasteiger partial charge in [-0.1, -0.05) is 36.1 Å². The molecule has 16 heavy (non-hydrogen) atoms. The molecule has 0 heterocycles. The highest BCUT2D eigenvalue weighted by molar-refractivity contribution is 6.33. The molecule has 0 fully saturated rings. The molecular formula is C13H21BO2. The van der Waals surface area contributed by atoms with Gasteiger partial charge in [0.2, 0.25) is 0 Å². The van der Waals surface area contributed by atoms with E-state index in [-0.39, 0.29) is 6.10 Å². The fraction of sp³-hybridized carbons (Fsp3) is 0.538. The van der Waals surface area contributed by atoms with Crippen LogP contribution in [0.1, 0.15) is 37.5 Å². The normalized spacial score (nSPS) is 12.7. The maximum Gasteiger partial charge on any atom is 0.147 e. The standard InChI is InChI=1S/C13H21BO2/c1-4-13(16-9-15-5-2)11-7-6-10(3)8-12(11)14/h6-8,13H,4-5,9,14H2,1-3H3/t13-/m1/s1. The van der Waals surface area contributed by atoms with Crippen LogP contribution in [0, 0.1) is 6.92 Å². The Hall–Kier alpha value is -0.795. The molecule has 1 atom stereocenters. The topological polar surface area (TPSA) is 18.5 Å². The third-order valence-electron chi connectivity index (χ3n) is 2.70. The first kappa shape index (κ1) is 13.3. The highest BCUT2D eigenvalue weighted by Gasteiger charge is 2.11. The lowest BCUT2D eigenvalue weighted by molar-refractivity contribution is -0.0883. The van der Waals surface area contributed by atoms with E-state index in [9.17, 15) is 0 Å². The maximum atomic E-state index is 5.72. The van der Waals surface area contributed by atoms with Crippen LogP contribution in [0.4, 0.5) is 0 Å². The summed E-state index contributed by atoms with van der Waals surface area (Å²) in [6.45, 7) is 7.29. The molecule has 2 nitrogen and oxygen atoms in total. The van der Waals surface area contributed by atoms with Crippen molar-refractivity contribution < 1.29 is 9.47 Å². The van der Waals surface area contributed by atoms with Crippen LogP contribution in [0.5, 0.6) is 0 Å². The van der Waals surface area contributed by atoms with Crippen molar-refractivity contribution in [1.82, 2.24) is 0 Å². The summed E-state index contributed by atoms with van der Waals surface area (Å²) in [6, 6.07) is 6.49. The number of rotatable bonds is 6. The number of hydrogen-bond acceptors (Lipinski definition) is 2. The van der Waals surface area contributed by atoms with Crippen LogP contribution < -0.4 is 5.46 Å². The summed E-state index contributed by atoms with van der Waals surface area (Å²) in [4.78, 5) is 0. The molecule has 0 aromatic heterocycles. The van der Waals surface area contributed by atoms with E-state index in [1.54, 1.807) is 0 Å². The highest BCUT2D eigenvalue weighted by Crippen LogP contribution is 2.19. The van der Waals surface area contributed by atoms with Crippen molar-refractivity contribution in [3.8, 4) is 0 Å². The van der Waals surface area contributed by atoms with E-state index in [0.717, 1.165) is 6.42 Å². The van der Waals surface area contributed by atoms with Gasteiger partial charge < -0.3 is 9.47 Å². The summed E-state index contributed by atoms with van der Waals surface area (Å²) in [7, 11) is 2.13. The molecule has 0 aliphatic heterocycles. The lowest BCUT2D eigenvalue weighted by atomic mass is 9.86. The van der Waals surface area contributed by atoms with Crippen LogP contribution in [-0.4, -0.2) is 21.2 Å². The second-order valence-corrected chi connectivity index (χ2v) is 4.03. The average molecular weight is 220 g/mol. The van der Waals surface area contributed by atoms with Crippen molar-refractivity contribution in [2.75, 3.05) is 13.4 Å². The Morgan fingerprint density at radius 2 is 2.06 bits per heavy atom. The first-order valence-electron chi connectivity index (χ1n) is 5.95. The molecule has 1 aromatic rings. The number of benzene rings is 1. The second kappa shape index (κ2) is 6.72. The first-order chi connectivity index (χ1) is 7.69. The lowest BCUT2D eigenvalue weighted by Gasteiger charge is -2.19. The Morgan fingerprint density at radius 3 is 2.62 bits per heavy atom. The lowest BCUT2D eigenvalue weighted by Crippen LogP contribution is -2.17. The number of ether oxygens (including phenoxy) is 2. The summed E-state index contributed by atoms with van der Waals surface area (Å²) >= 11 is 0. The zero-order chi connectivity index (χ0) is 12.0. The Kier molecular flexibility index (Phi) is 5.57. The molecule has 0 amide bonds. The zero-order valence-electron chi connectivity index (χ0n) is 10.7. The molecule has 0 unspecified atom stereocenters. The van der Waals surface area contributed by atoms with Crippen LogP contribution in [0.25, 0.3) is 0 Å².